The van der Waals surface area contributed by atoms with Gasteiger partial charge in [0.1, 0.15) is 6.54 Å². The predicted octanol–water partition coefficient (Wildman–Crippen LogP) is 4.04. The van der Waals surface area contributed by atoms with Gasteiger partial charge in [-0.05, 0) is 44.5 Å². The number of carbonyl (C=O) groups is 2. The number of benzene rings is 2. The summed E-state index contributed by atoms with van der Waals surface area (Å²) < 4.78 is 0. The van der Waals surface area contributed by atoms with E-state index in [2.05, 4.69) is 15.1 Å². The predicted molar refractivity (Wildman–Crippen MR) is 138 cm³/mol. The number of rotatable bonds is 7. The Bertz CT molecular complexity index is 1120. The third-order valence-electron chi connectivity index (χ3n) is 6.66. The second kappa shape index (κ2) is 11.1. The molecule has 0 spiro atoms. The lowest BCUT2D eigenvalue weighted by atomic mass is 10.1. The number of hydrogen-bond donors (Lipinski definition) is 0. The number of aryl methyl sites for hydroxylation is 1. The van der Waals surface area contributed by atoms with Gasteiger partial charge in [-0.3, -0.25) is 9.59 Å². The average molecular weight is 472 g/mol. The molecule has 1 fully saturated rings. The number of aromatic nitrogens is 2. The number of amides is 2. The molecule has 0 radical (unpaired) electrons. The Morgan fingerprint density at radius 3 is 2.20 bits per heavy atom. The number of piperazine rings is 1. The Hall–Kier alpha value is -3.74. The zero-order valence-electron chi connectivity index (χ0n) is 20.7. The quantitative estimate of drug-likeness (QED) is 0.520. The highest BCUT2D eigenvalue weighted by molar-refractivity contribution is 5.96. The molecular formula is C28H33N5O2. The summed E-state index contributed by atoms with van der Waals surface area (Å²) in [6, 6.07) is 21.4. The average Bonchev–Trinajstić information content (AvgIpc) is 2.92. The summed E-state index contributed by atoms with van der Waals surface area (Å²) in [6.45, 7) is 8.66. The summed E-state index contributed by atoms with van der Waals surface area (Å²) >= 11 is 0. The topological polar surface area (TPSA) is 69.6 Å². The number of hydrogen-bond acceptors (Lipinski definition) is 5. The van der Waals surface area contributed by atoms with Crippen LogP contribution in [0.2, 0.25) is 0 Å². The normalized spacial score (nSPS) is 14.5. The summed E-state index contributed by atoms with van der Waals surface area (Å²) in [5.74, 6) is 0.698. The van der Waals surface area contributed by atoms with Crippen molar-refractivity contribution in [2.24, 2.45) is 0 Å². The highest BCUT2D eigenvalue weighted by Crippen LogP contribution is 2.19. The zero-order valence-corrected chi connectivity index (χ0v) is 20.7. The van der Waals surface area contributed by atoms with Gasteiger partial charge in [0.05, 0.1) is 5.69 Å². The Morgan fingerprint density at radius 2 is 1.60 bits per heavy atom. The van der Waals surface area contributed by atoms with Crippen molar-refractivity contribution in [3.05, 3.63) is 77.9 Å². The Labute approximate surface area is 207 Å². The first-order valence-electron chi connectivity index (χ1n) is 12.3. The van der Waals surface area contributed by atoms with E-state index in [1.165, 1.54) is 0 Å². The van der Waals surface area contributed by atoms with Crippen LogP contribution in [-0.4, -0.2) is 70.6 Å². The monoisotopic (exact) mass is 471 g/mol. The van der Waals surface area contributed by atoms with Crippen molar-refractivity contribution in [2.75, 3.05) is 37.6 Å². The maximum Gasteiger partial charge on any atom is 0.254 e. The molecule has 2 amide bonds. The van der Waals surface area contributed by atoms with Crippen molar-refractivity contribution in [3.8, 4) is 11.3 Å². The molecule has 7 nitrogen and oxygen atoms in total. The summed E-state index contributed by atoms with van der Waals surface area (Å²) in [5, 5.41) is 8.80. The molecule has 3 aromatic rings. The van der Waals surface area contributed by atoms with Crippen LogP contribution in [0.1, 0.15) is 36.2 Å². The van der Waals surface area contributed by atoms with Gasteiger partial charge >= 0.3 is 0 Å². The van der Waals surface area contributed by atoms with Crippen LogP contribution in [-0.2, 0) is 4.79 Å². The van der Waals surface area contributed by atoms with E-state index in [9.17, 15) is 9.59 Å². The minimum absolute atomic E-state index is 0.0177. The standard InChI is InChI=1S/C28H33N5O2/c1-4-22(3)33(28(35)24-12-10-21(2)11-13-24)20-27(34)32-18-16-31(17-19-32)26-15-14-25(29-30-26)23-8-6-5-7-9-23/h5-15,22H,4,16-20H2,1-3H3/t22-/m1/s1. The fraction of sp³-hybridized carbons (Fsp3) is 0.357. The van der Waals surface area contributed by atoms with Crippen molar-refractivity contribution >= 4 is 17.6 Å². The molecule has 0 saturated carbocycles. The van der Waals surface area contributed by atoms with Crippen LogP contribution >= 0.6 is 0 Å². The molecule has 0 bridgehead atoms. The first-order chi connectivity index (χ1) is 17.0. The smallest absolute Gasteiger partial charge is 0.254 e. The summed E-state index contributed by atoms with van der Waals surface area (Å²) in [4.78, 5) is 32.0. The maximum atomic E-state index is 13.2. The van der Waals surface area contributed by atoms with E-state index in [0.29, 0.717) is 31.7 Å². The van der Waals surface area contributed by atoms with Gasteiger partial charge in [0.15, 0.2) is 5.82 Å². The van der Waals surface area contributed by atoms with E-state index >= 15 is 0 Å². The molecule has 1 aliphatic heterocycles. The number of anilines is 1. The van der Waals surface area contributed by atoms with Crippen LogP contribution in [0, 0.1) is 6.92 Å². The fourth-order valence-corrected chi connectivity index (χ4v) is 4.20. The molecule has 182 valence electrons. The van der Waals surface area contributed by atoms with E-state index < -0.39 is 0 Å². The van der Waals surface area contributed by atoms with E-state index in [1.807, 2.05) is 92.4 Å². The lowest BCUT2D eigenvalue weighted by Crippen LogP contribution is -2.53. The van der Waals surface area contributed by atoms with E-state index in [0.717, 1.165) is 29.1 Å². The second-order valence-electron chi connectivity index (χ2n) is 9.07. The molecule has 0 aliphatic carbocycles. The molecule has 2 aromatic carbocycles. The Balaban J connectivity index is 1.36. The second-order valence-corrected chi connectivity index (χ2v) is 9.07. The van der Waals surface area contributed by atoms with Crippen LogP contribution in [0.5, 0.6) is 0 Å². The molecule has 7 heteroatoms. The number of nitrogens with zero attached hydrogens (tertiary/aromatic N) is 5. The number of carbonyl (C=O) groups excluding carboxylic acids is 2. The molecule has 1 atom stereocenters. The van der Waals surface area contributed by atoms with E-state index in [4.69, 9.17) is 0 Å². The third kappa shape index (κ3) is 5.85. The molecular weight excluding hydrogens is 438 g/mol. The van der Waals surface area contributed by atoms with Crippen molar-refractivity contribution in [3.63, 3.8) is 0 Å². The van der Waals surface area contributed by atoms with Crippen molar-refractivity contribution < 1.29 is 9.59 Å². The largest absolute Gasteiger partial charge is 0.352 e. The van der Waals surface area contributed by atoms with E-state index in [1.54, 1.807) is 4.90 Å². The molecule has 35 heavy (non-hydrogen) atoms. The fourth-order valence-electron chi connectivity index (χ4n) is 4.20. The van der Waals surface area contributed by atoms with Crippen molar-refractivity contribution in [1.82, 2.24) is 20.0 Å². The van der Waals surface area contributed by atoms with E-state index in [-0.39, 0.29) is 24.4 Å². The van der Waals surface area contributed by atoms with Gasteiger partial charge in [-0.1, -0.05) is 55.0 Å². The van der Waals surface area contributed by atoms with Gasteiger partial charge < -0.3 is 14.7 Å². The molecule has 0 N–H and O–H groups in total. The van der Waals surface area contributed by atoms with Gasteiger partial charge in [0.2, 0.25) is 5.91 Å². The molecule has 1 saturated heterocycles. The van der Waals surface area contributed by atoms with Crippen molar-refractivity contribution in [1.29, 1.82) is 0 Å². The minimum atomic E-state index is -0.0971. The van der Waals surface area contributed by atoms with Crippen molar-refractivity contribution in [2.45, 2.75) is 33.2 Å². The van der Waals surface area contributed by atoms with Gasteiger partial charge in [-0.2, -0.15) is 0 Å². The maximum absolute atomic E-state index is 13.2. The highest BCUT2D eigenvalue weighted by atomic mass is 16.2. The third-order valence-corrected chi connectivity index (χ3v) is 6.66. The van der Waals surface area contributed by atoms with Crippen LogP contribution in [0.4, 0.5) is 5.82 Å². The Kier molecular flexibility index (Phi) is 7.75. The van der Waals surface area contributed by atoms with Gasteiger partial charge in [0.25, 0.3) is 5.91 Å². The molecule has 4 rings (SSSR count). The molecule has 1 aliphatic rings. The van der Waals surface area contributed by atoms with Crippen LogP contribution in [0.15, 0.2) is 66.7 Å². The van der Waals surface area contributed by atoms with Gasteiger partial charge in [-0.15, -0.1) is 10.2 Å². The molecule has 0 unspecified atom stereocenters. The summed E-state index contributed by atoms with van der Waals surface area (Å²) in [6.07, 6.45) is 0.788. The highest BCUT2D eigenvalue weighted by Gasteiger charge is 2.28. The first kappa shape index (κ1) is 24.4. The SMILES string of the molecule is CC[C@@H](C)N(CC(=O)N1CCN(c2ccc(-c3ccccc3)nn2)CC1)C(=O)c1ccc(C)cc1. The van der Waals surface area contributed by atoms with Crippen LogP contribution < -0.4 is 4.90 Å². The summed E-state index contributed by atoms with van der Waals surface area (Å²) in [7, 11) is 0. The zero-order chi connectivity index (χ0) is 24.8. The lowest BCUT2D eigenvalue weighted by Gasteiger charge is -2.37. The Morgan fingerprint density at radius 1 is 0.914 bits per heavy atom. The molecule has 1 aromatic heterocycles. The lowest BCUT2D eigenvalue weighted by molar-refractivity contribution is -0.132. The first-order valence-corrected chi connectivity index (χ1v) is 12.3. The van der Waals surface area contributed by atoms with Gasteiger partial charge in [-0.25, -0.2) is 0 Å². The van der Waals surface area contributed by atoms with Gasteiger partial charge in [0, 0.05) is 43.3 Å². The molecule has 2 heterocycles. The minimum Gasteiger partial charge on any atom is -0.352 e. The van der Waals surface area contributed by atoms with Crippen LogP contribution in [0.25, 0.3) is 11.3 Å². The van der Waals surface area contributed by atoms with Crippen LogP contribution in [0.3, 0.4) is 0 Å². The summed E-state index contributed by atoms with van der Waals surface area (Å²) in [5.41, 5.74) is 3.59.